The molecule has 11 heteroatoms. The molecule has 2 heterocycles. The van der Waals surface area contributed by atoms with Crippen LogP contribution in [0.25, 0.3) is 0 Å². The van der Waals surface area contributed by atoms with Gasteiger partial charge in [0.1, 0.15) is 0 Å². The van der Waals surface area contributed by atoms with Crippen LogP contribution in [-0.4, -0.2) is 49.9 Å². The molecule has 0 radical (unpaired) electrons. The van der Waals surface area contributed by atoms with Crippen molar-refractivity contribution in [2.45, 2.75) is 13.0 Å². The molecule has 0 aliphatic carbocycles. The summed E-state index contributed by atoms with van der Waals surface area (Å²) in [6.45, 7) is 1.30. The number of amides is 3. The van der Waals surface area contributed by atoms with Gasteiger partial charge in [-0.3, -0.25) is 9.78 Å². The molecule has 0 unspecified atom stereocenters. The first-order valence-corrected chi connectivity index (χ1v) is 9.82. The quantitative estimate of drug-likeness (QED) is 0.312. The van der Waals surface area contributed by atoms with Crippen molar-refractivity contribution in [3.8, 4) is 11.5 Å². The average Bonchev–Trinajstić information content (AvgIpc) is 2.82. The minimum absolute atomic E-state index is 0.263. The third-order valence-electron chi connectivity index (χ3n) is 4.64. The fourth-order valence-electron chi connectivity index (χ4n) is 3.11. The van der Waals surface area contributed by atoms with E-state index in [9.17, 15) is 14.4 Å². The van der Waals surface area contributed by atoms with Gasteiger partial charge in [0, 0.05) is 23.7 Å². The van der Waals surface area contributed by atoms with Crippen molar-refractivity contribution in [3.63, 3.8) is 0 Å². The molecule has 1 aromatic carbocycles. The fourth-order valence-corrected chi connectivity index (χ4v) is 3.11. The maximum Gasteiger partial charge on any atom is 0.337 e. The van der Waals surface area contributed by atoms with Gasteiger partial charge in [-0.25, -0.2) is 15.0 Å². The number of pyridine rings is 1. The predicted molar refractivity (Wildman–Crippen MR) is 118 cm³/mol. The highest BCUT2D eigenvalue weighted by atomic mass is 16.5. The van der Waals surface area contributed by atoms with Gasteiger partial charge in [0.2, 0.25) is 0 Å². The minimum Gasteiger partial charge on any atom is -0.493 e. The predicted octanol–water partition coefficient (Wildman–Crippen LogP) is 1.42. The van der Waals surface area contributed by atoms with Crippen LogP contribution >= 0.6 is 0 Å². The monoisotopic (exact) mass is 453 g/mol. The van der Waals surface area contributed by atoms with Crippen LogP contribution < -0.4 is 25.5 Å². The largest absolute Gasteiger partial charge is 0.493 e. The van der Waals surface area contributed by atoms with E-state index in [1.807, 2.05) is 0 Å². The zero-order chi connectivity index (χ0) is 23.8. The molecule has 0 spiro atoms. The Morgan fingerprint density at radius 3 is 2.76 bits per heavy atom. The second-order valence-corrected chi connectivity index (χ2v) is 6.84. The number of benzene rings is 1. The molecular weight excluding hydrogens is 430 g/mol. The van der Waals surface area contributed by atoms with Crippen molar-refractivity contribution in [3.05, 3.63) is 65.1 Å². The second kappa shape index (κ2) is 10.8. The number of ether oxygens (including phenoxy) is 3. The Bertz CT molecular complexity index is 1100. The molecule has 3 amide bonds. The Morgan fingerprint density at radius 2 is 2.06 bits per heavy atom. The average molecular weight is 453 g/mol. The number of esters is 1. The van der Waals surface area contributed by atoms with E-state index in [1.54, 1.807) is 49.6 Å². The zero-order valence-corrected chi connectivity index (χ0v) is 18.2. The first-order valence-electron chi connectivity index (χ1n) is 9.82. The van der Waals surface area contributed by atoms with Crippen LogP contribution in [0, 0.1) is 0 Å². The molecule has 33 heavy (non-hydrogen) atoms. The molecule has 1 aliphatic rings. The van der Waals surface area contributed by atoms with E-state index in [0.717, 1.165) is 5.56 Å². The molecule has 3 N–H and O–H groups in total. The number of allylic oxidation sites excluding steroid dienone is 1. The maximum atomic E-state index is 12.3. The molecule has 2 aromatic rings. The number of aromatic nitrogens is 1. The lowest BCUT2D eigenvalue weighted by atomic mass is 9.95. The van der Waals surface area contributed by atoms with E-state index in [1.165, 1.54) is 20.4 Å². The highest BCUT2D eigenvalue weighted by Gasteiger charge is 2.32. The third kappa shape index (κ3) is 5.85. The van der Waals surface area contributed by atoms with Crippen LogP contribution in [0.15, 0.2) is 59.1 Å². The number of hydrazone groups is 1. The van der Waals surface area contributed by atoms with Gasteiger partial charge in [-0.05, 0) is 30.7 Å². The van der Waals surface area contributed by atoms with Crippen molar-refractivity contribution >= 4 is 24.1 Å². The molecule has 0 saturated heterocycles. The normalized spacial score (nSPS) is 15.5. The number of nitrogens with zero attached hydrogens (tertiary/aromatic N) is 2. The van der Waals surface area contributed by atoms with Gasteiger partial charge in [0.25, 0.3) is 5.91 Å². The van der Waals surface area contributed by atoms with E-state index in [0.29, 0.717) is 22.8 Å². The van der Waals surface area contributed by atoms with Gasteiger partial charge in [-0.15, -0.1) is 0 Å². The van der Waals surface area contributed by atoms with Crippen LogP contribution in [0.5, 0.6) is 11.5 Å². The van der Waals surface area contributed by atoms with Crippen molar-refractivity contribution in [1.82, 2.24) is 21.0 Å². The van der Waals surface area contributed by atoms with Crippen LogP contribution in [0.1, 0.15) is 24.1 Å². The van der Waals surface area contributed by atoms with E-state index < -0.39 is 23.9 Å². The number of carbonyl (C=O) groups excluding carboxylic acids is 3. The van der Waals surface area contributed by atoms with Crippen LogP contribution in [0.4, 0.5) is 4.79 Å². The molecule has 1 aliphatic heterocycles. The number of rotatable bonds is 8. The molecule has 1 aromatic heterocycles. The van der Waals surface area contributed by atoms with E-state index in [4.69, 9.17) is 14.2 Å². The fraction of sp³-hybridized carbons (Fsp3) is 0.227. The molecule has 0 fully saturated rings. The zero-order valence-electron chi connectivity index (χ0n) is 18.2. The Morgan fingerprint density at radius 1 is 1.24 bits per heavy atom. The molecule has 0 saturated carbocycles. The summed E-state index contributed by atoms with van der Waals surface area (Å²) in [5, 5.41) is 9.10. The molecule has 11 nitrogen and oxygen atoms in total. The lowest BCUT2D eigenvalue weighted by Gasteiger charge is -2.28. The Hall–Kier alpha value is -4.41. The summed E-state index contributed by atoms with van der Waals surface area (Å²) < 4.78 is 15.8. The maximum absolute atomic E-state index is 12.3. The first kappa shape index (κ1) is 23.3. The number of urea groups is 1. The lowest BCUT2D eigenvalue weighted by Crippen LogP contribution is -2.45. The van der Waals surface area contributed by atoms with Gasteiger partial charge in [-0.1, -0.05) is 12.1 Å². The molecule has 172 valence electrons. The van der Waals surface area contributed by atoms with Gasteiger partial charge >= 0.3 is 12.0 Å². The van der Waals surface area contributed by atoms with Gasteiger partial charge in [0.15, 0.2) is 18.1 Å². The van der Waals surface area contributed by atoms with Gasteiger partial charge < -0.3 is 24.8 Å². The highest BCUT2D eigenvalue weighted by molar-refractivity contribution is 5.95. The third-order valence-corrected chi connectivity index (χ3v) is 4.64. The van der Waals surface area contributed by atoms with Gasteiger partial charge in [-0.2, -0.15) is 5.10 Å². The number of carbonyl (C=O) groups is 3. The van der Waals surface area contributed by atoms with Gasteiger partial charge in [0.05, 0.1) is 32.0 Å². The molecule has 0 bridgehead atoms. The van der Waals surface area contributed by atoms with Crippen LogP contribution in [-0.2, 0) is 14.3 Å². The summed E-state index contributed by atoms with van der Waals surface area (Å²) in [7, 11) is 2.70. The van der Waals surface area contributed by atoms with Crippen LogP contribution in [0.3, 0.4) is 0 Å². The topological polar surface area (TPSA) is 140 Å². The summed E-state index contributed by atoms with van der Waals surface area (Å²) in [5.74, 6) is -0.437. The van der Waals surface area contributed by atoms with E-state index in [2.05, 4.69) is 26.1 Å². The minimum atomic E-state index is -0.751. The number of hydrogen-bond donors (Lipinski definition) is 3. The summed E-state index contributed by atoms with van der Waals surface area (Å²) >= 11 is 0. The number of methoxy groups -OCH3 is 2. The second-order valence-electron chi connectivity index (χ2n) is 6.84. The SMILES string of the molecule is COC(=O)C1=C(C)NC(=O)N[C@@H]1c1ccc(OCC(=O)N/N=C\c2cccnc2)c(OC)c1. The van der Waals surface area contributed by atoms with Crippen LogP contribution in [0.2, 0.25) is 0 Å². The first-order chi connectivity index (χ1) is 15.9. The van der Waals surface area contributed by atoms with Crippen molar-refractivity contribution < 1.29 is 28.6 Å². The number of hydrogen-bond acceptors (Lipinski definition) is 8. The van der Waals surface area contributed by atoms with Crippen molar-refractivity contribution in [2.24, 2.45) is 5.10 Å². The summed E-state index contributed by atoms with van der Waals surface area (Å²) in [4.78, 5) is 40.2. The standard InChI is InChI=1S/C22H23N5O6/c1-13-19(21(29)32-3)20(26-22(30)25-13)15-6-7-16(17(9-15)31-2)33-12-18(28)27-24-11-14-5-4-8-23-10-14/h4-11,20H,12H2,1-3H3,(H,27,28)(H2,25,26,30)/b24-11-/t20-/m1/s1. The molecular formula is C22H23N5O6. The molecule has 3 rings (SSSR count). The summed E-state index contributed by atoms with van der Waals surface area (Å²) in [6, 6.07) is 7.19. The van der Waals surface area contributed by atoms with E-state index in [-0.39, 0.29) is 12.2 Å². The van der Waals surface area contributed by atoms with Crippen molar-refractivity contribution in [2.75, 3.05) is 20.8 Å². The Kier molecular flexibility index (Phi) is 7.58. The number of nitrogens with one attached hydrogen (secondary N) is 3. The Balaban J connectivity index is 1.70. The highest BCUT2D eigenvalue weighted by Crippen LogP contribution is 2.34. The smallest absolute Gasteiger partial charge is 0.337 e. The Labute approximate surface area is 189 Å². The molecule has 1 atom stereocenters. The summed E-state index contributed by atoms with van der Waals surface area (Å²) in [5.41, 5.74) is 4.31. The lowest BCUT2D eigenvalue weighted by molar-refractivity contribution is -0.136. The summed E-state index contributed by atoms with van der Waals surface area (Å²) in [6.07, 6.45) is 4.70. The van der Waals surface area contributed by atoms with Crippen molar-refractivity contribution in [1.29, 1.82) is 0 Å². The van der Waals surface area contributed by atoms with E-state index >= 15 is 0 Å².